The van der Waals surface area contributed by atoms with Gasteiger partial charge in [0.05, 0.1) is 5.60 Å². The van der Waals surface area contributed by atoms with Crippen LogP contribution in [-0.2, 0) is 0 Å². The summed E-state index contributed by atoms with van der Waals surface area (Å²) < 4.78 is 0. The van der Waals surface area contributed by atoms with Crippen molar-refractivity contribution in [2.24, 2.45) is 0 Å². The van der Waals surface area contributed by atoms with Gasteiger partial charge in [0.2, 0.25) is 0 Å². The number of hydrogen-bond acceptors (Lipinski definition) is 2. The second-order valence-corrected chi connectivity index (χ2v) is 2.72. The highest BCUT2D eigenvalue weighted by molar-refractivity contribution is 6.12. The van der Waals surface area contributed by atoms with Gasteiger partial charge >= 0.3 is 0 Å². The third kappa shape index (κ3) is 2.37. The molecule has 0 amide bonds. The highest BCUT2D eigenvalue weighted by Crippen LogP contribution is 2.10. The fourth-order valence-electron chi connectivity index (χ4n) is 0.617. The second kappa shape index (κ2) is 3.23. The molecular formula is C6H16BNO. The molecule has 54 valence electrons. The first-order chi connectivity index (χ1) is 4.04. The van der Waals surface area contributed by atoms with Gasteiger partial charge in [0.25, 0.3) is 0 Å². The molecule has 0 bridgehead atoms. The van der Waals surface area contributed by atoms with Crippen molar-refractivity contribution in [3.05, 3.63) is 0 Å². The van der Waals surface area contributed by atoms with Crippen LogP contribution >= 0.6 is 0 Å². The largest absolute Gasteiger partial charge is 0.389 e. The molecule has 9 heavy (non-hydrogen) atoms. The van der Waals surface area contributed by atoms with Crippen molar-refractivity contribution in [3.63, 3.8) is 0 Å². The van der Waals surface area contributed by atoms with E-state index in [0.717, 1.165) is 6.42 Å². The minimum absolute atomic E-state index is 0.169. The van der Waals surface area contributed by atoms with E-state index < -0.39 is 5.60 Å². The van der Waals surface area contributed by atoms with E-state index in [1.807, 2.05) is 28.7 Å². The standard InChI is InChI=1S/C6H16BNO/c1-4-6(2,9)5(7)8-3/h5,8-9H,4,7H2,1-3H3. The fraction of sp³-hybridized carbons (Fsp3) is 1.00. The van der Waals surface area contributed by atoms with Gasteiger partial charge in [0, 0.05) is 5.94 Å². The van der Waals surface area contributed by atoms with Crippen molar-refractivity contribution >= 4 is 7.85 Å². The summed E-state index contributed by atoms with van der Waals surface area (Å²) in [5.74, 6) is 0.169. The summed E-state index contributed by atoms with van der Waals surface area (Å²) in [7, 11) is 3.83. The fourth-order valence-corrected chi connectivity index (χ4v) is 0.617. The lowest BCUT2D eigenvalue weighted by Crippen LogP contribution is -2.47. The van der Waals surface area contributed by atoms with Crippen LogP contribution in [0, 0.1) is 0 Å². The van der Waals surface area contributed by atoms with Gasteiger partial charge < -0.3 is 10.4 Å². The highest BCUT2D eigenvalue weighted by atomic mass is 16.3. The van der Waals surface area contributed by atoms with E-state index in [1.165, 1.54) is 0 Å². The maximum Gasteiger partial charge on any atom is 0.127 e. The molecule has 0 saturated carbocycles. The van der Waals surface area contributed by atoms with Crippen LogP contribution in [0.15, 0.2) is 0 Å². The zero-order chi connectivity index (χ0) is 7.49. The van der Waals surface area contributed by atoms with E-state index >= 15 is 0 Å². The Morgan fingerprint density at radius 2 is 2.22 bits per heavy atom. The Balaban J connectivity index is 3.80. The van der Waals surface area contributed by atoms with Crippen molar-refractivity contribution in [2.45, 2.75) is 31.8 Å². The Morgan fingerprint density at radius 3 is 2.33 bits per heavy atom. The molecular weight excluding hydrogens is 113 g/mol. The van der Waals surface area contributed by atoms with E-state index in [0.29, 0.717) is 0 Å². The molecule has 2 nitrogen and oxygen atoms in total. The molecule has 3 heteroatoms. The van der Waals surface area contributed by atoms with Gasteiger partial charge in [-0.15, -0.1) is 0 Å². The summed E-state index contributed by atoms with van der Waals surface area (Å²) in [5, 5.41) is 12.5. The Hall–Kier alpha value is -0.0151. The Labute approximate surface area is 58.1 Å². The number of likely N-dealkylation sites (N-methyl/N-ethyl adjacent to an activating group) is 1. The molecule has 0 saturated heterocycles. The molecule has 0 aromatic rings. The van der Waals surface area contributed by atoms with Crippen LogP contribution in [0.3, 0.4) is 0 Å². The molecule has 0 spiro atoms. The molecule has 0 aliphatic heterocycles. The lowest BCUT2D eigenvalue weighted by Gasteiger charge is -2.28. The maximum atomic E-state index is 9.53. The lowest BCUT2D eigenvalue weighted by molar-refractivity contribution is 0.0441. The minimum Gasteiger partial charge on any atom is -0.389 e. The molecule has 2 atom stereocenters. The Kier molecular flexibility index (Phi) is 3.22. The summed E-state index contributed by atoms with van der Waals surface area (Å²) in [4.78, 5) is 0. The minimum atomic E-state index is -0.561. The van der Waals surface area contributed by atoms with Gasteiger partial charge in [-0.2, -0.15) is 0 Å². The molecule has 0 radical (unpaired) electrons. The lowest BCUT2D eigenvalue weighted by atomic mass is 9.80. The van der Waals surface area contributed by atoms with Crippen molar-refractivity contribution in [1.29, 1.82) is 0 Å². The van der Waals surface area contributed by atoms with Gasteiger partial charge in [-0.25, -0.2) is 0 Å². The van der Waals surface area contributed by atoms with Gasteiger partial charge in [-0.1, -0.05) is 6.92 Å². The van der Waals surface area contributed by atoms with Crippen LogP contribution in [0.5, 0.6) is 0 Å². The first-order valence-electron chi connectivity index (χ1n) is 3.44. The van der Waals surface area contributed by atoms with Gasteiger partial charge in [0.15, 0.2) is 0 Å². The number of nitrogens with one attached hydrogen (secondary N) is 1. The topological polar surface area (TPSA) is 32.3 Å². The average molecular weight is 129 g/mol. The van der Waals surface area contributed by atoms with Crippen LogP contribution in [-0.4, -0.2) is 31.5 Å². The third-order valence-electron chi connectivity index (χ3n) is 2.08. The molecule has 2 unspecified atom stereocenters. The molecule has 0 aliphatic carbocycles. The van der Waals surface area contributed by atoms with E-state index in [-0.39, 0.29) is 5.94 Å². The SMILES string of the molecule is BC(NC)C(C)(O)CC. The Bertz CT molecular complexity index is 85.1. The van der Waals surface area contributed by atoms with Crippen molar-refractivity contribution < 1.29 is 5.11 Å². The van der Waals surface area contributed by atoms with Gasteiger partial charge in [-0.05, 0) is 20.4 Å². The van der Waals surface area contributed by atoms with Crippen LogP contribution in [0.2, 0.25) is 0 Å². The molecule has 0 fully saturated rings. The smallest absolute Gasteiger partial charge is 0.127 e. The number of aliphatic hydroxyl groups is 1. The zero-order valence-corrected chi connectivity index (χ0v) is 6.73. The molecule has 0 heterocycles. The normalized spacial score (nSPS) is 20.9. The monoisotopic (exact) mass is 129 g/mol. The van der Waals surface area contributed by atoms with Crippen molar-refractivity contribution in [3.8, 4) is 0 Å². The highest BCUT2D eigenvalue weighted by Gasteiger charge is 2.23. The average Bonchev–Trinajstić information content (AvgIpc) is 1.86. The van der Waals surface area contributed by atoms with Crippen molar-refractivity contribution in [2.75, 3.05) is 7.05 Å². The number of rotatable bonds is 3. The summed E-state index contributed by atoms with van der Waals surface area (Å²) >= 11 is 0. The van der Waals surface area contributed by atoms with Gasteiger partial charge in [-0.3, -0.25) is 0 Å². The third-order valence-corrected chi connectivity index (χ3v) is 2.08. The molecule has 0 aromatic carbocycles. The zero-order valence-electron chi connectivity index (χ0n) is 6.73. The predicted molar refractivity (Wildman–Crippen MR) is 42.3 cm³/mol. The van der Waals surface area contributed by atoms with E-state index in [9.17, 15) is 5.11 Å². The summed E-state index contributed by atoms with van der Waals surface area (Å²) in [6.07, 6.45) is 0.787. The quantitative estimate of drug-likeness (QED) is 0.495. The van der Waals surface area contributed by atoms with Crippen LogP contribution in [0.4, 0.5) is 0 Å². The Morgan fingerprint density at radius 1 is 1.78 bits per heavy atom. The van der Waals surface area contributed by atoms with E-state index in [4.69, 9.17) is 0 Å². The van der Waals surface area contributed by atoms with Crippen LogP contribution < -0.4 is 5.32 Å². The summed E-state index contributed by atoms with van der Waals surface area (Å²) in [6, 6.07) is 0. The second-order valence-electron chi connectivity index (χ2n) is 2.72. The molecule has 0 rings (SSSR count). The van der Waals surface area contributed by atoms with Gasteiger partial charge in [0.1, 0.15) is 7.85 Å². The molecule has 0 aromatic heterocycles. The first-order valence-corrected chi connectivity index (χ1v) is 3.44. The van der Waals surface area contributed by atoms with E-state index in [2.05, 4.69) is 5.32 Å². The number of hydrogen-bond donors (Lipinski definition) is 2. The van der Waals surface area contributed by atoms with Crippen LogP contribution in [0.25, 0.3) is 0 Å². The maximum absolute atomic E-state index is 9.53. The van der Waals surface area contributed by atoms with E-state index in [1.54, 1.807) is 0 Å². The van der Waals surface area contributed by atoms with Crippen LogP contribution in [0.1, 0.15) is 20.3 Å². The summed E-state index contributed by atoms with van der Waals surface area (Å²) in [5.41, 5.74) is -0.561. The molecule has 0 aliphatic rings. The summed E-state index contributed by atoms with van der Waals surface area (Å²) in [6.45, 7) is 3.82. The molecule has 2 N–H and O–H groups in total. The first kappa shape index (κ1) is 8.98. The van der Waals surface area contributed by atoms with Crippen molar-refractivity contribution in [1.82, 2.24) is 5.32 Å². The predicted octanol–water partition coefficient (Wildman–Crippen LogP) is -0.674.